The lowest BCUT2D eigenvalue weighted by Crippen LogP contribution is -2.17. The SMILES string of the molecule is O=C(Nc1c(I)cc(I)cc1I)c1cc(Br)cn1C1CC1. The van der Waals surface area contributed by atoms with E-state index < -0.39 is 0 Å². The number of anilines is 1. The number of aromatic nitrogens is 1. The summed E-state index contributed by atoms with van der Waals surface area (Å²) in [5.74, 6) is -0.0513. The Morgan fingerprint density at radius 3 is 2.38 bits per heavy atom. The van der Waals surface area contributed by atoms with Gasteiger partial charge in [-0.05, 0) is 115 Å². The Morgan fingerprint density at radius 2 is 1.81 bits per heavy atom. The van der Waals surface area contributed by atoms with Crippen LogP contribution in [-0.4, -0.2) is 10.5 Å². The minimum Gasteiger partial charge on any atom is -0.339 e. The van der Waals surface area contributed by atoms with E-state index in [0.29, 0.717) is 6.04 Å². The second-order valence-electron chi connectivity index (χ2n) is 4.88. The number of nitrogens with one attached hydrogen (secondary N) is 1. The molecule has 21 heavy (non-hydrogen) atoms. The predicted octanol–water partition coefficient (Wildman–Crippen LogP) is 5.65. The molecule has 2 aromatic rings. The normalized spacial score (nSPS) is 14.3. The van der Waals surface area contributed by atoms with Gasteiger partial charge in [0.05, 0.1) is 5.69 Å². The van der Waals surface area contributed by atoms with Gasteiger partial charge in [0, 0.05) is 27.4 Å². The smallest absolute Gasteiger partial charge is 0.272 e. The van der Waals surface area contributed by atoms with Crippen molar-refractivity contribution in [2.45, 2.75) is 18.9 Å². The highest BCUT2D eigenvalue weighted by Crippen LogP contribution is 2.38. The van der Waals surface area contributed by atoms with Crippen LogP contribution in [0.1, 0.15) is 29.4 Å². The first-order chi connectivity index (χ1) is 9.95. The van der Waals surface area contributed by atoms with Gasteiger partial charge in [0.1, 0.15) is 5.69 Å². The van der Waals surface area contributed by atoms with Gasteiger partial charge in [0.2, 0.25) is 0 Å². The zero-order valence-electron chi connectivity index (χ0n) is 10.7. The molecule has 0 saturated heterocycles. The van der Waals surface area contributed by atoms with E-state index in [1.165, 1.54) is 3.57 Å². The monoisotopic (exact) mass is 682 g/mol. The summed E-state index contributed by atoms with van der Waals surface area (Å²) >= 11 is 10.3. The molecule has 0 bridgehead atoms. The summed E-state index contributed by atoms with van der Waals surface area (Å²) in [5.41, 5.74) is 1.61. The molecule has 7 heteroatoms. The number of rotatable bonds is 3. The van der Waals surface area contributed by atoms with Crippen LogP contribution in [0.3, 0.4) is 0 Å². The Hall–Kier alpha value is 0.640. The second kappa shape index (κ2) is 6.63. The number of carbonyl (C=O) groups is 1. The van der Waals surface area contributed by atoms with Crippen molar-refractivity contribution in [2.75, 3.05) is 5.32 Å². The molecule has 1 aliphatic rings. The highest BCUT2D eigenvalue weighted by atomic mass is 127. The Morgan fingerprint density at radius 1 is 1.19 bits per heavy atom. The van der Waals surface area contributed by atoms with Crippen LogP contribution >= 0.6 is 83.7 Å². The van der Waals surface area contributed by atoms with E-state index in [4.69, 9.17) is 0 Å². The fourth-order valence-electron chi connectivity index (χ4n) is 2.12. The molecule has 3 nitrogen and oxygen atoms in total. The van der Waals surface area contributed by atoms with Crippen LogP contribution in [0.25, 0.3) is 0 Å². The number of benzene rings is 1. The van der Waals surface area contributed by atoms with Gasteiger partial charge in [-0.1, -0.05) is 0 Å². The molecule has 1 N–H and O–H groups in total. The lowest BCUT2D eigenvalue weighted by molar-refractivity contribution is 0.101. The van der Waals surface area contributed by atoms with E-state index in [9.17, 15) is 4.79 Å². The molecule has 1 heterocycles. The maximum Gasteiger partial charge on any atom is 0.272 e. The third kappa shape index (κ3) is 3.77. The summed E-state index contributed by atoms with van der Waals surface area (Å²) in [4.78, 5) is 12.6. The molecule has 1 aliphatic carbocycles. The van der Waals surface area contributed by atoms with E-state index in [1.807, 2.05) is 12.3 Å². The predicted molar refractivity (Wildman–Crippen MR) is 113 cm³/mol. The van der Waals surface area contributed by atoms with Gasteiger partial charge in [0.25, 0.3) is 5.91 Å². The largest absolute Gasteiger partial charge is 0.339 e. The quantitative estimate of drug-likeness (QED) is 0.418. The molecule has 1 aromatic heterocycles. The summed E-state index contributed by atoms with van der Waals surface area (Å²) in [6, 6.07) is 6.50. The van der Waals surface area contributed by atoms with Gasteiger partial charge in [-0.25, -0.2) is 0 Å². The number of hydrogen-bond acceptors (Lipinski definition) is 1. The van der Waals surface area contributed by atoms with Crippen LogP contribution < -0.4 is 5.32 Å². The summed E-state index contributed by atoms with van der Waals surface area (Å²) in [7, 11) is 0. The average molecular weight is 683 g/mol. The van der Waals surface area contributed by atoms with Gasteiger partial charge in [-0.15, -0.1) is 0 Å². The van der Waals surface area contributed by atoms with Gasteiger partial charge in [-0.3, -0.25) is 4.79 Å². The van der Waals surface area contributed by atoms with Gasteiger partial charge < -0.3 is 9.88 Å². The lowest BCUT2D eigenvalue weighted by Gasteiger charge is -2.12. The van der Waals surface area contributed by atoms with E-state index in [-0.39, 0.29) is 5.91 Å². The van der Waals surface area contributed by atoms with Gasteiger partial charge in [-0.2, -0.15) is 0 Å². The van der Waals surface area contributed by atoms with Gasteiger partial charge >= 0.3 is 0 Å². The number of hydrogen-bond donors (Lipinski definition) is 1. The summed E-state index contributed by atoms with van der Waals surface area (Å²) in [6.45, 7) is 0. The number of amides is 1. The molecule has 0 atom stereocenters. The number of halogens is 4. The third-order valence-electron chi connectivity index (χ3n) is 3.23. The van der Waals surface area contributed by atoms with Crippen LogP contribution in [-0.2, 0) is 0 Å². The first-order valence-corrected chi connectivity index (χ1v) is 10.3. The number of nitrogens with zero attached hydrogens (tertiary/aromatic N) is 1. The fraction of sp³-hybridized carbons (Fsp3) is 0.214. The van der Waals surface area contributed by atoms with Crippen molar-refractivity contribution in [1.82, 2.24) is 4.57 Å². The second-order valence-corrected chi connectivity index (χ2v) is 9.37. The maximum absolute atomic E-state index is 12.6. The van der Waals surface area contributed by atoms with Crippen molar-refractivity contribution in [3.05, 3.63) is 45.3 Å². The van der Waals surface area contributed by atoms with Crippen molar-refractivity contribution in [3.8, 4) is 0 Å². The summed E-state index contributed by atoms with van der Waals surface area (Å²) < 4.78 is 6.31. The fourth-order valence-corrected chi connectivity index (χ4v) is 6.41. The minimum atomic E-state index is -0.0513. The molecule has 1 amide bonds. The minimum absolute atomic E-state index is 0.0513. The molecule has 0 unspecified atom stereocenters. The van der Waals surface area contributed by atoms with E-state index in [0.717, 1.165) is 35.8 Å². The highest BCUT2D eigenvalue weighted by molar-refractivity contribution is 14.1. The van der Waals surface area contributed by atoms with Crippen molar-refractivity contribution in [2.24, 2.45) is 0 Å². The Balaban J connectivity index is 1.90. The lowest BCUT2D eigenvalue weighted by atomic mass is 10.3. The average Bonchev–Trinajstić information content (AvgIpc) is 3.16. The van der Waals surface area contributed by atoms with Crippen molar-refractivity contribution >= 4 is 95.3 Å². The maximum atomic E-state index is 12.6. The Bertz CT molecular complexity index is 702. The summed E-state index contributed by atoms with van der Waals surface area (Å²) in [6.07, 6.45) is 4.30. The summed E-state index contributed by atoms with van der Waals surface area (Å²) in [5, 5.41) is 3.06. The molecule has 0 aliphatic heterocycles. The van der Waals surface area contributed by atoms with E-state index >= 15 is 0 Å². The topological polar surface area (TPSA) is 34.0 Å². The molecule has 0 radical (unpaired) electrons. The van der Waals surface area contributed by atoms with Crippen LogP contribution in [0.4, 0.5) is 5.69 Å². The van der Waals surface area contributed by atoms with Crippen LogP contribution in [0.15, 0.2) is 28.9 Å². The molecule has 1 saturated carbocycles. The molecule has 1 aromatic carbocycles. The third-order valence-corrected chi connectivity index (χ3v) is 5.99. The van der Waals surface area contributed by atoms with E-state index in [2.05, 4.69) is 106 Å². The Labute approximate surface area is 172 Å². The van der Waals surface area contributed by atoms with E-state index in [1.54, 1.807) is 0 Å². The van der Waals surface area contributed by atoms with Crippen molar-refractivity contribution in [3.63, 3.8) is 0 Å². The first kappa shape index (κ1) is 16.5. The molecular weight excluding hydrogens is 673 g/mol. The van der Waals surface area contributed by atoms with Crippen LogP contribution in [0, 0.1) is 10.7 Å². The van der Waals surface area contributed by atoms with Crippen LogP contribution in [0.5, 0.6) is 0 Å². The highest BCUT2D eigenvalue weighted by Gasteiger charge is 2.28. The first-order valence-electron chi connectivity index (χ1n) is 6.29. The zero-order chi connectivity index (χ0) is 15.1. The molecule has 1 fully saturated rings. The molecule has 3 rings (SSSR count). The Kier molecular flexibility index (Phi) is 5.21. The number of carbonyl (C=O) groups excluding carboxylic acids is 1. The van der Waals surface area contributed by atoms with Crippen LogP contribution in [0.2, 0.25) is 0 Å². The zero-order valence-corrected chi connectivity index (χ0v) is 18.7. The van der Waals surface area contributed by atoms with Crippen molar-refractivity contribution < 1.29 is 4.79 Å². The molecular formula is C14H10BrI3N2O. The van der Waals surface area contributed by atoms with Gasteiger partial charge in [0.15, 0.2) is 0 Å². The van der Waals surface area contributed by atoms with Crippen molar-refractivity contribution in [1.29, 1.82) is 0 Å². The molecule has 110 valence electrons. The standard InChI is InChI=1S/C14H10BrI3N2O/c15-7-3-12(20(6-7)9-1-2-9)14(21)19-13-10(17)4-8(16)5-11(13)18/h3-6,9H,1-2H2,(H,19,21). The molecule has 0 spiro atoms.